The zero-order chi connectivity index (χ0) is 24.9. The highest BCUT2D eigenvalue weighted by Gasteiger charge is 2.22. The molecule has 2 amide bonds. The summed E-state index contributed by atoms with van der Waals surface area (Å²) in [5, 5.41) is 26.2. The van der Waals surface area contributed by atoms with Crippen molar-refractivity contribution in [3.8, 4) is 10.6 Å². The third-order valence-corrected chi connectivity index (χ3v) is 6.35. The Labute approximate surface area is 203 Å². The Hall–Kier alpha value is -4.17. The van der Waals surface area contributed by atoms with Crippen molar-refractivity contribution in [2.75, 3.05) is 43.4 Å². The molecular formula is C21H22N8O5S. The van der Waals surface area contributed by atoms with Crippen LogP contribution < -0.4 is 10.6 Å². The van der Waals surface area contributed by atoms with Gasteiger partial charge in [0.15, 0.2) is 5.13 Å². The number of anilines is 3. The number of benzene rings is 1. The van der Waals surface area contributed by atoms with Crippen LogP contribution in [0.1, 0.15) is 5.69 Å². The predicted octanol–water partition coefficient (Wildman–Crippen LogP) is 2.79. The number of nitrogens with zero attached hydrogens (tertiary/aromatic N) is 6. The number of piperazine rings is 1. The molecule has 1 saturated heterocycles. The van der Waals surface area contributed by atoms with Crippen LogP contribution >= 0.6 is 11.3 Å². The second-order valence-corrected chi connectivity index (χ2v) is 8.72. The molecule has 3 aromatic rings. The lowest BCUT2D eigenvalue weighted by Crippen LogP contribution is -2.50. The molecule has 1 aromatic carbocycles. The monoisotopic (exact) mass is 498 g/mol. The fourth-order valence-electron chi connectivity index (χ4n) is 3.52. The summed E-state index contributed by atoms with van der Waals surface area (Å²) in [4.78, 5) is 51.1. The van der Waals surface area contributed by atoms with Gasteiger partial charge < -0.3 is 20.6 Å². The highest BCUT2D eigenvalue weighted by Crippen LogP contribution is 2.32. The number of rotatable bonds is 7. The molecule has 182 valence electrons. The van der Waals surface area contributed by atoms with Crippen molar-refractivity contribution in [1.29, 1.82) is 0 Å². The quantitative estimate of drug-likeness (QED) is 0.325. The van der Waals surface area contributed by atoms with Gasteiger partial charge in [-0.2, -0.15) is 0 Å². The topological polar surface area (TPSA) is 167 Å². The fourth-order valence-corrected chi connectivity index (χ4v) is 4.47. The van der Waals surface area contributed by atoms with Gasteiger partial charge in [0.2, 0.25) is 11.9 Å². The number of hydrogen-bond acceptors (Lipinski definition) is 10. The average molecular weight is 499 g/mol. The molecule has 13 nitrogen and oxygen atoms in total. The lowest BCUT2D eigenvalue weighted by Gasteiger charge is -2.32. The number of nitro groups is 1. The van der Waals surface area contributed by atoms with Crippen molar-refractivity contribution in [1.82, 2.24) is 24.8 Å². The summed E-state index contributed by atoms with van der Waals surface area (Å²) in [5.41, 5.74) is 1.71. The molecule has 0 spiro atoms. The summed E-state index contributed by atoms with van der Waals surface area (Å²) in [6.45, 7) is 3.66. The Bertz CT molecular complexity index is 1260. The maximum Gasteiger partial charge on any atom is 0.407 e. The summed E-state index contributed by atoms with van der Waals surface area (Å²) in [5.74, 6) is 0.0340. The van der Waals surface area contributed by atoms with E-state index in [1.165, 1.54) is 28.4 Å². The lowest BCUT2D eigenvalue weighted by molar-refractivity contribution is -0.384. The normalized spacial score (nSPS) is 13.9. The van der Waals surface area contributed by atoms with Crippen molar-refractivity contribution in [3.63, 3.8) is 0 Å². The number of nitrogens with one attached hydrogen (secondary N) is 2. The van der Waals surface area contributed by atoms with E-state index >= 15 is 0 Å². The highest BCUT2D eigenvalue weighted by molar-refractivity contribution is 7.19. The van der Waals surface area contributed by atoms with E-state index in [0.717, 1.165) is 4.88 Å². The van der Waals surface area contributed by atoms with Crippen LogP contribution in [-0.2, 0) is 4.79 Å². The number of carbonyl (C=O) groups is 2. The average Bonchev–Trinajstić information content (AvgIpc) is 3.19. The van der Waals surface area contributed by atoms with Crippen LogP contribution in [0.15, 0.2) is 36.5 Å². The molecule has 14 heteroatoms. The zero-order valence-electron chi connectivity index (χ0n) is 18.7. The van der Waals surface area contributed by atoms with Gasteiger partial charge in [-0.15, -0.1) is 0 Å². The van der Waals surface area contributed by atoms with E-state index in [1.54, 1.807) is 24.4 Å². The van der Waals surface area contributed by atoms with Crippen LogP contribution in [0, 0.1) is 17.0 Å². The van der Waals surface area contributed by atoms with Gasteiger partial charge in [0.05, 0.1) is 27.7 Å². The molecule has 4 rings (SSSR count). The first kappa shape index (κ1) is 24.0. The van der Waals surface area contributed by atoms with Gasteiger partial charge in [-0.05, 0) is 19.1 Å². The molecule has 0 atom stereocenters. The summed E-state index contributed by atoms with van der Waals surface area (Å²) in [6, 6.07) is 7.75. The molecule has 3 heterocycles. The molecule has 1 fully saturated rings. The number of non-ortho nitro benzene ring substituents is 1. The Morgan fingerprint density at radius 3 is 2.69 bits per heavy atom. The standard InChI is InChI=1S/C21H22N8O5S/c1-13-18(16-5-6-22-19(25-16)24-14-3-2-4-15(11-14)29(33)34)35-20(23-13)26-17(30)12-27-7-9-28(10-8-27)21(31)32/h2-6,11H,7-10,12H2,1H3,(H,31,32)(H,22,24,25)(H,23,26,30). The molecule has 0 radical (unpaired) electrons. The Kier molecular flexibility index (Phi) is 7.12. The molecule has 35 heavy (non-hydrogen) atoms. The van der Waals surface area contributed by atoms with Crippen molar-refractivity contribution in [2.45, 2.75) is 6.92 Å². The van der Waals surface area contributed by atoms with E-state index in [9.17, 15) is 19.7 Å². The molecule has 1 aliphatic rings. The number of aryl methyl sites for hydroxylation is 1. The predicted molar refractivity (Wildman–Crippen MR) is 129 cm³/mol. The summed E-state index contributed by atoms with van der Waals surface area (Å²) < 4.78 is 0. The van der Waals surface area contributed by atoms with Gasteiger partial charge in [-0.3, -0.25) is 19.8 Å². The Morgan fingerprint density at radius 2 is 1.97 bits per heavy atom. The number of nitro benzene ring substituents is 1. The first-order valence-electron chi connectivity index (χ1n) is 10.6. The van der Waals surface area contributed by atoms with Gasteiger partial charge in [0.25, 0.3) is 5.69 Å². The molecule has 0 aliphatic carbocycles. The number of aromatic nitrogens is 3. The van der Waals surface area contributed by atoms with Crippen LogP contribution in [0.4, 0.5) is 27.2 Å². The number of hydrogen-bond donors (Lipinski definition) is 3. The largest absolute Gasteiger partial charge is 0.465 e. The maximum absolute atomic E-state index is 12.5. The SMILES string of the molecule is Cc1nc(NC(=O)CN2CCN(C(=O)O)CC2)sc1-c1ccnc(Nc2cccc([N+](=O)[O-])c2)n1. The fraction of sp³-hybridized carbons (Fsp3) is 0.286. The van der Waals surface area contributed by atoms with Crippen molar-refractivity contribution >= 4 is 45.8 Å². The van der Waals surface area contributed by atoms with E-state index in [-0.39, 0.29) is 24.1 Å². The minimum absolute atomic E-state index is 0.0476. The summed E-state index contributed by atoms with van der Waals surface area (Å²) >= 11 is 1.27. The first-order chi connectivity index (χ1) is 16.8. The van der Waals surface area contributed by atoms with Crippen LogP contribution in [0.2, 0.25) is 0 Å². The van der Waals surface area contributed by atoms with Gasteiger partial charge in [-0.25, -0.2) is 19.7 Å². The third kappa shape index (κ3) is 6.04. The van der Waals surface area contributed by atoms with Gasteiger partial charge >= 0.3 is 6.09 Å². The highest BCUT2D eigenvalue weighted by atomic mass is 32.1. The smallest absolute Gasteiger partial charge is 0.407 e. The molecule has 2 aromatic heterocycles. The second kappa shape index (κ2) is 10.4. The third-order valence-electron chi connectivity index (χ3n) is 5.25. The van der Waals surface area contributed by atoms with Crippen LogP contribution in [0.3, 0.4) is 0 Å². The number of amides is 2. The Balaban J connectivity index is 1.40. The van der Waals surface area contributed by atoms with Crippen molar-refractivity contribution in [3.05, 3.63) is 52.3 Å². The molecule has 3 N–H and O–H groups in total. The molecule has 0 saturated carbocycles. The number of carbonyl (C=O) groups excluding carboxylic acids is 1. The van der Waals surface area contributed by atoms with Crippen molar-refractivity contribution < 1.29 is 19.6 Å². The second-order valence-electron chi connectivity index (χ2n) is 7.73. The van der Waals surface area contributed by atoms with E-state index in [1.807, 2.05) is 11.8 Å². The molecule has 1 aliphatic heterocycles. The Morgan fingerprint density at radius 1 is 1.20 bits per heavy atom. The zero-order valence-corrected chi connectivity index (χ0v) is 19.5. The van der Waals surface area contributed by atoms with E-state index < -0.39 is 11.0 Å². The van der Waals surface area contributed by atoms with Crippen molar-refractivity contribution in [2.24, 2.45) is 0 Å². The molecular weight excluding hydrogens is 476 g/mol. The lowest BCUT2D eigenvalue weighted by atomic mass is 10.3. The summed E-state index contributed by atoms with van der Waals surface area (Å²) in [6.07, 6.45) is 0.615. The summed E-state index contributed by atoms with van der Waals surface area (Å²) in [7, 11) is 0. The van der Waals surface area contributed by atoms with Gasteiger partial charge in [-0.1, -0.05) is 17.4 Å². The number of carboxylic acid groups (broad SMARTS) is 1. The number of thiazole rings is 1. The minimum atomic E-state index is -0.951. The van der Waals surface area contributed by atoms with Gasteiger partial charge in [0, 0.05) is 50.2 Å². The van der Waals surface area contributed by atoms with Crippen LogP contribution in [0.5, 0.6) is 0 Å². The van der Waals surface area contributed by atoms with Crippen LogP contribution in [0.25, 0.3) is 10.6 Å². The van der Waals surface area contributed by atoms with E-state index in [2.05, 4.69) is 25.6 Å². The van der Waals surface area contributed by atoms with Crippen LogP contribution in [-0.4, -0.2) is 79.5 Å². The molecule has 0 unspecified atom stereocenters. The minimum Gasteiger partial charge on any atom is -0.465 e. The molecule has 0 bridgehead atoms. The van der Waals surface area contributed by atoms with Gasteiger partial charge in [0.1, 0.15) is 0 Å². The maximum atomic E-state index is 12.5. The van der Waals surface area contributed by atoms with E-state index in [4.69, 9.17) is 5.11 Å². The van der Waals surface area contributed by atoms with E-state index in [0.29, 0.717) is 48.4 Å². The first-order valence-corrected chi connectivity index (χ1v) is 11.4.